The third kappa shape index (κ3) is 4.06. The molecule has 0 aliphatic carbocycles. The summed E-state index contributed by atoms with van der Waals surface area (Å²) in [5.74, 6) is 0.0118. The minimum atomic E-state index is -0.858. The van der Waals surface area contributed by atoms with Crippen LogP contribution in [-0.4, -0.2) is 42.8 Å². The topological polar surface area (TPSA) is 59.0 Å². The monoisotopic (exact) mass is 373 g/mol. The van der Waals surface area contributed by atoms with Crippen molar-refractivity contribution in [3.63, 3.8) is 0 Å². The molecule has 2 aromatic rings. The second-order valence-corrected chi connectivity index (χ2v) is 6.65. The molecule has 1 saturated heterocycles. The van der Waals surface area contributed by atoms with Gasteiger partial charge in [-0.3, -0.25) is 9.69 Å². The molecule has 2 aromatic carbocycles. The van der Waals surface area contributed by atoms with Crippen molar-refractivity contribution in [2.24, 2.45) is 0 Å². The lowest BCUT2D eigenvalue weighted by Crippen LogP contribution is -2.46. The van der Waals surface area contributed by atoms with Gasteiger partial charge in [-0.15, -0.1) is 0 Å². The summed E-state index contributed by atoms with van der Waals surface area (Å²) < 4.78 is 24.8. The maximum absolute atomic E-state index is 14.0. The van der Waals surface area contributed by atoms with Crippen LogP contribution in [0.25, 0.3) is 0 Å². The van der Waals surface area contributed by atoms with Crippen molar-refractivity contribution in [3.05, 3.63) is 59.4 Å². The minimum absolute atomic E-state index is 0.353. The summed E-state index contributed by atoms with van der Waals surface area (Å²) in [5.41, 5.74) is 1.49. The Morgan fingerprint density at radius 3 is 2.67 bits per heavy atom. The van der Waals surface area contributed by atoms with Gasteiger partial charge in [0, 0.05) is 11.6 Å². The van der Waals surface area contributed by atoms with Gasteiger partial charge in [-0.1, -0.05) is 18.6 Å². The number of carboxylic acids is 1. The van der Waals surface area contributed by atoms with Gasteiger partial charge >= 0.3 is 5.97 Å². The summed E-state index contributed by atoms with van der Waals surface area (Å²) in [6.07, 6.45) is 2.33. The molecule has 0 bridgehead atoms. The Morgan fingerprint density at radius 2 is 2.00 bits per heavy atom. The van der Waals surface area contributed by atoms with Crippen molar-refractivity contribution < 1.29 is 23.8 Å². The van der Waals surface area contributed by atoms with Crippen LogP contribution in [0.3, 0.4) is 0 Å². The van der Waals surface area contributed by atoms with Gasteiger partial charge in [0.05, 0.1) is 20.3 Å². The fourth-order valence-electron chi connectivity index (χ4n) is 3.80. The number of hydrogen-bond donors (Lipinski definition) is 1. The van der Waals surface area contributed by atoms with Gasteiger partial charge in [0.15, 0.2) is 0 Å². The molecule has 1 aliphatic heterocycles. The van der Waals surface area contributed by atoms with Gasteiger partial charge < -0.3 is 14.6 Å². The highest BCUT2D eigenvalue weighted by Crippen LogP contribution is 2.40. The standard InChI is InChI=1S/C21H24FNO4/c1-26-16-9-10-17(19(13-16)27-2)20(14-6-5-7-15(22)12-14)23-11-4-3-8-18(23)21(24)25/h5-7,9-10,12-13,18,20H,3-4,8,11H2,1-2H3,(H,24,25). The molecule has 0 radical (unpaired) electrons. The van der Waals surface area contributed by atoms with Gasteiger partial charge in [0.2, 0.25) is 0 Å². The number of hydrogen-bond acceptors (Lipinski definition) is 4. The van der Waals surface area contributed by atoms with Crippen molar-refractivity contribution in [1.82, 2.24) is 4.90 Å². The van der Waals surface area contributed by atoms with E-state index in [4.69, 9.17) is 9.47 Å². The van der Waals surface area contributed by atoms with E-state index >= 15 is 0 Å². The maximum atomic E-state index is 14.0. The van der Waals surface area contributed by atoms with E-state index in [2.05, 4.69) is 0 Å². The second-order valence-electron chi connectivity index (χ2n) is 6.65. The van der Waals surface area contributed by atoms with Crippen LogP contribution in [-0.2, 0) is 4.79 Å². The average Bonchev–Trinajstić information content (AvgIpc) is 2.68. The Kier molecular flexibility index (Phi) is 5.96. The van der Waals surface area contributed by atoms with Crippen LogP contribution in [0.2, 0.25) is 0 Å². The normalized spacial score (nSPS) is 18.7. The first-order valence-corrected chi connectivity index (χ1v) is 9.01. The minimum Gasteiger partial charge on any atom is -0.497 e. The van der Waals surface area contributed by atoms with E-state index < -0.39 is 18.1 Å². The van der Waals surface area contributed by atoms with Crippen LogP contribution in [0.1, 0.15) is 36.4 Å². The van der Waals surface area contributed by atoms with Crippen molar-refractivity contribution in [3.8, 4) is 11.5 Å². The highest BCUT2D eigenvalue weighted by atomic mass is 19.1. The molecule has 27 heavy (non-hydrogen) atoms. The van der Waals surface area contributed by atoms with Crippen LogP contribution in [0.5, 0.6) is 11.5 Å². The molecule has 0 spiro atoms. The number of carboxylic acid groups (broad SMARTS) is 1. The lowest BCUT2D eigenvalue weighted by molar-refractivity contribution is -0.145. The van der Waals surface area contributed by atoms with E-state index in [1.807, 2.05) is 23.1 Å². The van der Waals surface area contributed by atoms with Gasteiger partial charge in [-0.2, -0.15) is 0 Å². The number of rotatable bonds is 6. The summed E-state index contributed by atoms with van der Waals surface area (Å²) in [5, 5.41) is 9.75. The zero-order valence-electron chi connectivity index (χ0n) is 15.5. The summed E-state index contributed by atoms with van der Waals surface area (Å²) >= 11 is 0. The SMILES string of the molecule is COc1ccc(C(c2cccc(F)c2)N2CCCCC2C(=O)O)c(OC)c1. The van der Waals surface area contributed by atoms with Gasteiger partial charge in [0.25, 0.3) is 0 Å². The largest absolute Gasteiger partial charge is 0.497 e. The van der Waals surface area contributed by atoms with E-state index in [1.54, 1.807) is 26.4 Å². The first-order valence-electron chi connectivity index (χ1n) is 9.01. The number of methoxy groups -OCH3 is 2. The molecule has 144 valence electrons. The van der Waals surface area contributed by atoms with Crippen LogP contribution in [0.4, 0.5) is 4.39 Å². The van der Waals surface area contributed by atoms with Gasteiger partial charge in [-0.25, -0.2) is 4.39 Å². The van der Waals surface area contributed by atoms with Gasteiger partial charge in [-0.05, 0) is 49.2 Å². The number of benzene rings is 2. The van der Waals surface area contributed by atoms with Crippen molar-refractivity contribution in [1.29, 1.82) is 0 Å². The highest BCUT2D eigenvalue weighted by molar-refractivity contribution is 5.73. The lowest BCUT2D eigenvalue weighted by atomic mass is 9.91. The Balaban J connectivity index is 2.15. The van der Waals surface area contributed by atoms with Crippen molar-refractivity contribution >= 4 is 5.97 Å². The molecule has 1 heterocycles. The Morgan fingerprint density at radius 1 is 1.19 bits per heavy atom. The quantitative estimate of drug-likeness (QED) is 0.833. The van der Waals surface area contributed by atoms with E-state index in [-0.39, 0.29) is 5.82 Å². The number of aliphatic carboxylic acids is 1. The molecule has 3 rings (SSSR count). The lowest BCUT2D eigenvalue weighted by Gasteiger charge is -2.40. The highest BCUT2D eigenvalue weighted by Gasteiger charge is 2.36. The summed E-state index contributed by atoms with van der Waals surface area (Å²) in [7, 11) is 3.13. The molecular formula is C21H24FNO4. The number of halogens is 1. The number of likely N-dealkylation sites (tertiary alicyclic amines) is 1. The van der Waals surface area contributed by atoms with E-state index in [0.717, 1.165) is 18.4 Å². The van der Waals surface area contributed by atoms with E-state index in [0.29, 0.717) is 30.0 Å². The molecule has 0 saturated carbocycles. The van der Waals surface area contributed by atoms with Crippen LogP contribution >= 0.6 is 0 Å². The molecule has 5 nitrogen and oxygen atoms in total. The molecule has 1 aliphatic rings. The van der Waals surface area contributed by atoms with E-state index in [1.165, 1.54) is 12.1 Å². The zero-order valence-corrected chi connectivity index (χ0v) is 15.5. The van der Waals surface area contributed by atoms with E-state index in [9.17, 15) is 14.3 Å². The fraction of sp³-hybridized carbons (Fsp3) is 0.381. The Labute approximate surface area is 158 Å². The first-order chi connectivity index (χ1) is 13.0. The third-order valence-electron chi connectivity index (χ3n) is 5.06. The fourth-order valence-corrected chi connectivity index (χ4v) is 3.80. The number of carbonyl (C=O) groups is 1. The second kappa shape index (κ2) is 8.39. The maximum Gasteiger partial charge on any atom is 0.320 e. The number of piperidine rings is 1. The predicted molar refractivity (Wildman–Crippen MR) is 99.8 cm³/mol. The Bertz CT molecular complexity index is 811. The molecule has 1 fully saturated rings. The van der Waals surface area contributed by atoms with Gasteiger partial charge in [0.1, 0.15) is 23.4 Å². The summed E-state index contributed by atoms with van der Waals surface area (Å²) in [6, 6.07) is 10.7. The third-order valence-corrected chi connectivity index (χ3v) is 5.06. The van der Waals surface area contributed by atoms with Crippen LogP contribution in [0.15, 0.2) is 42.5 Å². The predicted octanol–water partition coefficient (Wildman–Crippen LogP) is 3.87. The molecule has 6 heteroatoms. The first kappa shape index (κ1) is 19.2. The molecule has 2 atom stereocenters. The molecular weight excluding hydrogens is 349 g/mol. The number of nitrogens with zero attached hydrogens (tertiary/aromatic N) is 1. The summed E-state index contributed by atoms with van der Waals surface area (Å²) in [6.45, 7) is 0.618. The van der Waals surface area contributed by atoms with Crippen molar-refractivity contribution in [2.75, 3.05) is 20.8 Å². The van der Waals surface area contributed by atoms with Crippen molar-refractivity contribution in [2.45, 2.75) is 31.3 Å². The van der Waals surface area contributed by atoms with Crippen LogP contribution < -0.4 is 9.47 Å². The van der Waals surface area contributed by atoms with Crippen LogP contribution in [0, 0.1) is 5.82 Å². The molecule has 0 aromatic heterocycles. The Hall–Kier alpha value is -2.60. The smallest absolute Gasteiger partial charge is 0.320 e. The zero-order chi connectivity index (χ0) is 19.4. The molecule has 1 N–H and O–H groups in total. The summed E-state index contributed by atoms with van der Waals surface area (Å²) in [4.78, 5) is 13.8. The molecule has 2 unspecified atom stereocenters. The molecule has 0 amide bonds. The average molecular weight is 373 g/mol. The number of ether oxygens (including phenoxy) is 2.